The highest BCUT2D eigenvalue weighted by Crippen LogP contribution is 2.15. The van der Waals surface area contributed by atoms with Gasteiger partial charge < -0.3 is 10.2 Å². The van der Waals surface area contributed by atoms with Gasteiger partial charge in [0.1, 0.15) is 5.82 Å². The van der Waals surface area contributed by atoms with E-state index in [1.54, 1.807) is 30.1 Å². The lowest BCUT2D eigenvalue weighted by molar-refractivity contribution is 0.223. The van der Waals surface area contributed by atoms with E-state index < -0.39 is 5.82 Å². The lowest BCUT2D eigenvalue weighted by atomic mass is 10.1. The first-order valence-electron chi connectivity index (χ1n) is 7.73. The molecule has 2 amide bonds. The second-order valence-electron chi connectivity index (χ2n) is 5.55. The molecule has 0 saturated heterocycles. The highest BCUT2D eigenvalue weighted by atomic mass is 19.1. The number of aryl methyl sites for hydroxylation is 2. The SMILES string of the molecule is CCn1nc(C)c(CCN(C)C(=O)Nc2ccccc2F)c1C. The molecule has 0 unspecified atom stereocenters. The summed E-state index contributed by atoms with van der Waals surface area (Å²) in [5.74, 6) is -0.440. The molecule has 1 heterocycles. The summed E-state index contributed by atoms with van der Waals surface area (Å²) in [5.41, 5.74) is 3.48. The molecular formula is C17H23FN4O. The van der Waals surface area contributed by atoms with E-state index in [0.29, 0.717) is 6.54 Å². The molecule has 5 nitrogen and oxygen atoms in total. The van der Waals surface area contributed by atoms with Crippen molar-refractivity contribution in [1.82, 2.24) is 14.7 Å². The standard InChI is InChI=1S/C17H23FN4O/c1-5-22-13(3)14(12(2)20-22)10-11-21(4)17(23)19-16-9-7-6-8-15(16)18/h6-9H,5,10-11H2,1-4H3,(H,19,23). The Balaban J connectivity index is 1.97. The molecule has 2 aromatic rings. The van der Waals surface area contributed by atoms with Crippen LogP contribution in [0.15, 0.2) is 24.3 Å². The largest absolute Gasteiger partial charge is 0.327 e. The summed E-state index contributed by atoms with van der Waals surface area (Å²) < 4.78 is 15.5. The number of aromatic nitrogens is 2. The smallest absolute Gasteiger partial charge is 0.321 e. The Morgan fingerprint density at radius 1 is 1.35 bits per heavy atom. The van der Waals surface area contributed by atoms with Gasteiger partial charge in [-0.15, -0.1) is 0 Å². The van der Waals surface area contributed by atoms with Crippen molar-refractivity contribution >= 4 is 11.7 Å². The van der Waals surface area contributed by atoms with Crippen LogP contribution in [0.2, 0.25) is 0 Å². The summed E-state index contributed by atoms with van der Waals surface area (Å²) in [6.07, 6.45) is 0.721. The van der Waals surface area contributed by atoms with E-state index >= 15 is 0 Å². The minimum Gasteiger partial charge on any atom is -0.327 e. The fraction of sp³-hybridized carbons (Fsp3) is 0.412. The maximum atomic E-state index is 13.6. The molecule has 0 aliphatic rings. The van der Waals surface area contributed by atoms with Crippen LogP contribution < -0.4 is 5.32 Å². The number of likely N-dealkylation sites (N-methyl/N-ethyl adjacent to an activating group) is 1. The monoisotopic (exact) mass is 318 g/mol. The molecule has 0 aliphatic heterocycles. The Hall–Kier alpha value is -2.37. The number of carbonyl (C=O) groups excluding carboxylic acids is 1. The average molecular weight is 318 g/mol. The topological polar surface area (TPSA) is 50.2 Å². The van der Waals surface area contributed by atoms with E-state index in [1.165, 1.54) is 6.07 Å². The van der Waals surface area contributed by atoms with Crippen molar-refractivity contribution in [1.29, 1.82) is 0 Å². The molecule has 0 aliphatic carbocycles. The first kappa shape index (κ1) is 17.0. The first-order valence-corrected chi connectivity index (χ1v) is 7.73. The Bertz CT molecular complexity index is 696. The minimum absolute atomic E-state index is 0.190. The first-order chi connectivity index (χ1) is 10.9. The van der Waals surface area contributed by atoms with E-state index in [9.17, 15) is 9.18 Å². The zero-order valence-corrected chi connectivity index (χ0v) is 14.1. The molecule has 0 radical (unpaired) electrons. The van der Waals surface area contributed by atoms with E-state index in [4.69, 9.17) is 0 Å². The molecule has 1 N–H and O–H groups in total. The Morgan fingerprint density at radius 2 is 2.04 bits per heavy atom. The third-order valence-electron chi connectivity index (χ3n) is 3.99. The summed E-state index contributed by atoms with van der Waals surface area (Å²) in [6.45, 7) is 7.44. The van der Waals surface area contributed by atoms with Crippen molar-refractivity contribution in [2.45, 2.75) is 33.7 Å². The van der Waals surface area contributed by atoms with Gasteiger partial charge in [0.25, 0.3) is 0 Å². The molecule has 0 saturated carbocycles. The molecule has 2 rings (SSSR count). The fourth-order valence-electron chi connectivity index (χ4n) is 2.56. The van der Waals surface area contributed by atoms with Crippen molar-refractivity contribution in [2.24, 2.45) is 0 Å². The van der Waals surface area contributed by atoms with Crippen molar-refractivity contribution < 1.29 is 9.18 Å². The molecule has 0 atom stereocenters. The van der Waals surface area contributed by atoms with Crippen LogP contribution in [0, 0.1) is 19.7 Å². The number of benzene rings is 1. The normalized spacial score (nSPS) is 10.7. The highest BCUT2D eigenvalue weighted by Gasteiger charge is 2.14. The second-order valence-corrected chi connectivity index (χ2v) is 5.55. The quantitative estimate of drug-likeness (QED) is 0.919. The zero-order valence-electron chi connectivity index (χ0n) is 14.1. The van der Waals surface area contributed by atoms with Crippen LogP contribution in [-0.4, -0.2) is 34.3 Å². The van der Waals surface area contributed by atoms with Gasteiger partial charge >= 0.3 is 6.03 Å². The minimum atomic E-state index is -0.440. The van der Waals surface area contributed by atoms with E-state index in [-0.39, 0.29) is 11.7 Å². The van der Waals surface area contributed by atoms with Gasteiger partial charge in [0.15, 0.2) is 0 Å². The number of halogens is 1. The van der Waals surface area contributed by atoms with Crippen LogP contribution in [0.25, 0.3) is 0 Å². The molecule has 124 valence electrons. The number of hydrogen-bond donors (Lipinski definition) is 1. The van der Waals surface area contributed by atoms with Crippen LogP contribution in [0.1, 0.15) is 23.9 Å². The summed E-state index contributed by atoms with van der Waals surface area (Å²) in [4.78, 5) is 13.7. The van der Waals surface area contributed by atoms with Crippen LogP contribution in [0.3, 0.4) is 0 Å². The number of anilines is 1. The lowest BCUT2D eigenvalue weighted by Crippen LogP contribution is -2.33. The van der Waals surface area contributed by atoms with Gasteiger partial charge in [-0.05, 0) is 44.9 Å². The van der Waals surface area contributed by atoms with Gasteiger partial charge in [-0.3, -0.25) is 4.68 Å². The number of amides is 2. The Morgan fingerprint density at radius 3 is 2.65 bits per heavy atom. The predicted octanol–water partition coefficient (Wildman–Crippen LogP) is 3.37. The number of para-hydroxylation sites is 1. The van der Waals surface area contributed by atoms with Crippen LogP contribution in [0.5, 0.6) is 0 Å². The molecule has 0 fully saturated rings. The number of urea groups is 1. The highest BCUT2D eigenvalue weighted by molar-refractivity contribution is 5.89. The summed E-state index contributed by atoms with van der Waals surface area (Å²) in [6, 6.07) is 5.81. The van der Waals surface area contributed by atoms with Gasteiger partial charge in [-0.1, -0.05) is 12.1 Å². The van der Waals surface area contributed by atoms with Gasteiger partial charge in [0, 0.05) is 25.8 Å². The molecule has 0 spiro atoms. The number of nitrogens with one attached hydrogen (secondary N) is 1. The Labute approximate surface area is 136 Å². The van der Waals surface area contributed by atoms with Crippen molar-refractivity contribution in [3.63, 3.8) is 0 Å². The lowest BCUT2D eigenvalue weighted by Gasteiger charge is -2.18. The zero-order chi connectivity index (χ0) is 17.0. The molecular weight excluding hydrogens is 295 g/mol. The van der Waals surface area contributed by atoms with Gasteiger partial charge in [-0.25, -0.2) is 9.18 Å². The summed E-state index contributed by atoms with van der Waals surface area (Å²) in [5, 5.41) is 7.06. The van der Waals surface area contributed by atoms with Crippen molar-refractivity contribution in [3.05, 3.63) is 47.0 Å². The maximum Gasteiger partial charge on any atom is 0.321 e. The van der Waals surface area contributed by atoms with E-state index in [2.05, 4.69) is 17.3 Å². The third kappa shape index (κ3) is 3.88. The van der Waals surface area contributed by atoms with Gasteiger partial charge in [0.2, 0.25) is 0 Å². The summed E-state index contributed by atoms with van der Waals surface area (Å²) in [7, 11) is 1.70. The second kappa shape index (κ2) is 7.26. The molecule has 1 aromatic carbocycles. The Kier molecular flexibility index (Phi) is 5.36. The predicted molar refractivity (Wildman–Crippen MR) is 89.1 cm³/mol. The number of nitrogens with zero attached hydrogens (tertiary/aromatic N) is 3. The molecule has 1 aromatic heterocycles. The summed E-state index contributed by atoms with van der Waals surface area (Å²) >= 11 is 0. The molecule has 0 bridgehead atoms. The van der Waals surface area contributed by atoms with Gasteiger partial charge in [0.05, 0.1) is 11.4 Å². The van der Waals surface area contributed by atoms with Crippen LogP contribution in [0.4, 0.5) is 14.9 Å². The third-order valence-corrected chi connectivity index (χ3v) is 3.99. The van der Waals surface area contributed by atoms with Crippen molar-refractivity contribution in [2.75, 3.05) is 18.9 Å². The van der Waals surface area contributed by atoms with Crippen LogP contribution in [-0.2, 0) is 13.0 Å². The van der Waals surface area contributed by atoms with Crippen LogP contribution >= 0.6 is 0 Å². The van der Waals surface area contributed by atoms with E-state index in [1.807, 2.05) is 18.5 Å². The van der Waals surface area contributed by atoms with Crippen molar-refractivity contribution in [3.8, 4) is 0 Å². The van der Waals surface area contributed by atoms with Gasteiger partial charge in [-0.2, -0.15) is 5.10 Å². The molecule has 23 heavy (non-hydrogen) atoms. The number of carbonyl (C=O) groups is 1. The molecule has 6 heteroatoms. The van der Waals surface area contributed by atoms with E-state index in [0.717, 1.165) is 29.9 Å². The average Bonchev–Trinajstić information content (AvgIpc) is 2.81. The number of rotatable bonds is 5. The number of hydrogen-bond acceptors (Lipinski definition) is 2. The fourth-order valence-corrected chi connectivity index (χ4v) is 2.56. The maximum absolute atomic E-state index is 13.6.